The number of hydrogen-bond donors (Lipinski definition) is 1. The SMILES string of the molecule is Cc1cccc(OCCSCC(=O)NCc2cccc(Cl)c2)c1. The number of amides is 1. The highest BCUT2D eigenvalue weighted by atomic mass is 35.5. The Balaban J connectivity index is 1.58. The van der Waals surface area contributed by atoms with E-state index < -0.39 is 0 Å². The van der Waals surface area contributed by atoms with Gasteiger partial charge in [0.05, 0.1) is 12.4 Å². The molecular formula is C18H20ClNO2S. The molecule has 0 radical (unpaired) electrons. The van der Waals surface area contributed by atoms with Gasteiger partial charge in [-0.15, -0.1) is 11.8 Å². The van der Waals surface area contributed by atoms with Crippen molar-refractivity contribution >= 4 is 29.3 Å². The zero-order chi connectivity index (χ0) is 16.5. The Hall–Kier alpha value is -1.65. The fourth-order valence-electron chi connectivity index (χ4n) is 1.99. The molecule has 5 heteroatoms. The molecule has 0 aromatic heterocycles. The van der Waals surface area contributed by atoms with Crippen molar-refractivity contribution in [3.8, 4) is 5.75 Å². The van der Waals surface area contributed by atoms with E-state index in [1.165, 1.54) is 5.56 Å². The lowest BCUT2D eigenvalue weighted by atomic mass is 10.2. The molecule has 0 fully saturated rings. The number of ether oxygens (including phenoxy) is 1. The van der Waals surface area contributed by atoms with Gasteiger partial charge < -0.3 is 10.1 Å². The first-order valence-corrected chi connectivity index (χ1v) is 8.95. The lowest BCUT2D eigenvalue weighted by Gasteiger charge is -2.07. The molecule has 122 valence electrons. The van der Waals surface area contributed by atoms with Gasteiger partial charge in [-0.2, -0.15) is 0 Å². The van der Waals surface area contributed by atoms with Gasteiger partial charge in [0.1, 0.15) is 5.75 Å². The standard InChI is InChI=1S/C18H20ClNO2S/c1-14-4-2-7-17(10-14)22-8-9-23-13-18(21)20-12-15-5-3-6-16(19)11-15/h2-7,10-11H,8-9,12-13H2,1H3,(H,20,21). The molecule has 0 aliphatic carbocycles. The third-order valence-corrected chi connectivity index (χ3v) is 4.25. The van der Waals surface area contributed by atoms with Crippen LogP contribution in [0.1, 0.15) is 11.1 Å². The maximum atomic E-state index is 11.8. The van der Waals surface area contributed by atoms with Crippen LogP contribution in [-0.4, -0.2) is 24.0 Å². The summed E-state index contributed by atoms with van der Waals surface area (Å²) >= 11 is 7.47. The van der Waals surface area contributed by atoms with E-state index in [1.807, 2.05) is 55.5 Å². The Morgan fingerprint density at radius 2 is 2.04 bits per heavy atom. The lowest BCUT2D eigenvalue weighted by Crippen LogP contribution is -2.24. The molecule has 0 unspecified atom stereocenters. The monoisotopic (exact) mass is 349 g/mol. The summed E-state index contributed by atoms with van der Waals surface area (Å²) in [7, 11) is 0. The van der Waals surface area contributed by atoms with E-state index in [0.29, 0.717) is 23.9 Å². The Morgan fingerprint density at radius 3 is 2.83 bits per heavy atom. The molecule has 0 spiro atoms. The van der Waals surface area contributed by atoms with E-state index in [0.717, 1.165) is 17.1 Å². The van der Waals surface area contributed by atoms with Crippen molar-refractivity contribution < 1.29 is 9.53 Å². The first-order valence-electron chi connectivity index (χ1n) is 7.42. The van der Waals surface area contributed by atoms with E-state index in [2.05, 4.69) is 5.32 Å². The number of nitrogens with one attached hydrogen (secondary N) is 1. The second-order valence-electron chi connectivity index (χ2n) is 5.12. The van der Waals surface area contributed by atoms with Crippen LogP contribution in [0.15, 0.2) is 48.5 Å². The summed E-state index contributed by atoms with van der Waals surface area (Å²) < 4.78 is 5.64. The van der Waals surface area contributed by atoms with Crippen LogP contribution >= 0.6 is 23.4 Å². The van der Waals surface area contributed by atoms with Crippen molar-refractivity contribution in [1.82, 2.24) is 5.32 Å². The van der Waals surface area contributed by atoms with Gasteiger partial charge in [0.25, 0.3) is 0 Å². The van der Waals surface area contributed by atoms with Gasteiger partial charge in [-0.05, 0) is 42.3 Å². The van der Waals surface area contributed by atoms with Crippen LogP contribution in [0, 0.1) is 6.92 Å². The predicted octanol–water partition coefficient (Wildman–Crippen LogP) is 4.08. The molecule has 23 heavy (non-hydrogen) atoms. The molecule has 1 N–H and O–H groups in total. The van der Waals surface area contributed by atoms with Gasteiger partial charge in [0.2, 0.25) is 5.91 Å². The number of thioether (sulfide) groups is 1. The Kier molecular flexibility index (Phi) is 7.30. The van der Waals surface area contributed by atoms with E-state index in [9.17, 15) is 4.79 Å². The van der Waals surface area contributed by atoms with Gasteiger partial charge in [0, 0.05) is 17.3 Å². The van der Waals surface area contributed by atoms with Crippen LogP contribution in [0.2, 0.25) is 5.02 Å². The Bertz CT molecular complexity index is 648. The molecule has 2 rings (SSSR count). The summed E-state index contributed by atoms with van der Waals surface area (Å²) in [6, 6.07) is 15.4. The zero-order valence-electron chi connectivity index (χ0n) is 13.0. The van der Waals surface area contributed by atoms with E-state index in [-0.39, 0.29) is 5.91 Å². The highest BCUT2D eigenvalue weighted by Crippen LogP contribution is 2.13. The molecule has 0 saturated carbocycles. The topological polar surface area (TPSA) is 38.3 Å². The second-order valence-corrected chi connectivity index (χ2v) is 6.67. The molecule has 2 aromatic rings. The first kappa shape index (κ1) is 17.7. The summed E-state index contributed by atoms with van der Waals surface area (Å²) in [5.41, 5.74) is 2.18. The maximum absolute atomic E-state index is 11.8. The van der Waals surface area contributed by atoms with Crippen LogP contribution in [0.5, 0.6) is 5.75 Å². The number of benzene rings is 2. The minimum Gasteiger partial charge on any atom is -0.493 e. The summed E-state index contributed by atoms with van der Waals surface area (Å²) in [4.78, 5) is 11.8. The molecule has 3 nitrogen and oxygen atoms in total. The maximum Gasteiger partial charge on any atom is 0.230 e. The quantitative estimate of drug-likeness (QED) is 0.730. The Morgan fingerprint density at radius 1 is 1.22 bits per heavy atom. The molecule has 0 aliphatic rings. The van der Waals surface area contributed by atoms with E-state index >= 15 is 0 Å². The number of aryl methyl sites for hydroxylation is 1. The fourth-order valence-corrected chi connectivity index (χ4v) is 2.83. The highest BCUT2D eigenvalue weighted by Gasteiger charge is 2.02. The van der Waals surface area contributed by atoms with Crippen LogP contribution in [0.4, 0.5) is 0 Å². The second kappa shape index (κ2) is 9.48. The molecular weight excluding hydrogens is 330 g/mol. The highest BCUT2D eigenvalue weighted by molar-refractivity contribution is 7.99. The van der Waals surface area contributed by atoms with Crippen LogP contribution in [0.3, 0.4) is 0 Å². The molecule has 1 amide bonds. The molecule has 0 atom stereocenters. The first-order chi connectivity index (χ1) is 11.1. The predicted molar refractivity (Wildman–Crippen MR) is 97.3 cm³/mol. The fraction of sp³-hybridized carbons (Fsp3) is 0.278. The third kappa shape index (κ3) is 6.97. The zero-order valence-corrected chi connectivity index (χ0v) is 14.6. The van der Waals surface area contributed by atoms with Crippen LogP contribution < -0.4 is 10.1 Å². The number of carbonyl (C=O) groups is 1. The van der Waals surface area contributed by atoms with Crippen molar-refractivity contribution in [2.24, 2.45) is 0 Å². The van der Waals surface area contributed by atoms with Gasteiger partial charge in [-0.1, -0.05) is 35.9 Å². The largest absolute Gasteiger partial charge is 0.493 e. The van der Waals surface area contributed by atoms with Gasteiger partial charge in [-0.3, -0.25) is 4.79 Å². The number of rotatable bonds is 8. The van der Waals surface area contributed by atoms with Gasteiger partial charge in [-0.25, -0.2) is 0 Å². The van der Waals surface area contributed by atoms with E-state index in [1.54, 1.807) is 11.8 Å². The average Bonchev–Trinajstić information content (AvgIpc) is 2.53. The van der Waals surface area contributed by atoms with E-state index in [4.69, 9.17) is 16.3 Å². The molecule has 0 saturated heterocycles. The molecule has 2 aromatic carbocycles. The average molecular weight is 350 g/mol. The summed E-state index contributed by atoms with van der Waals surface area (Å²) in [5.74, 6) is 2.09. The number of hydrogen-bond acceptors (Lipinski definition) is 3. The van der Waals surface area contributed by atoms with Crippen molar-refractivity contribution in [3.05, 3.63) is 64.7 Å². The lowest BCUT2D eigenvalue weighted by molar-refractivity contribution is -0.118. The molecule has 0 bridgehead atoms. The smallest absolute Gasteiger partial charge is 0.230 e. The summed E-state index contributed by atoms with van der Waals surface area (Å²) in [6.45, 7) is 3.13. The number of carbonyl (C=O) groups excluding carboxylic acids is 1. The number of halogens is 1. The van der Waals surface area contributed by atoms with Crippen molar-refractivity contribution in [2.45, 2.75) is 13.5 Å². The summed E-state index contributed by atoms with van der Waals surface area (Å²) in [6.07, 6.45) is 0. The minimum absolute atomic E-state index is 0.0190. The normalized spacial score (nSPS) is 10.3. The third-order valence-electron chi connectivity index (χ3n) is 3.10. The Labute approximate surface area is 146 Å². The molecule has 0 heterocycles. The minimum atomic E-state index is 0.0190. The van der Waals surface area contributed by atoms with Crippen LogP contribution in [0.25, 0.3) is 0 Å². The van der Waals surface area contributed by atoms with Crippen molar-refractivity contribution in [3.63, 3.8) is 0 Å². The van der Waals surface area contributed by atoms with Crippen molar-refractivity contribution in [2.75, 3.05) is 18.1 Å². The summed E-state index contributed by atoms with van der Waals surface area (Å²) in [5, 5.41) is 3.56. The van der Waals surface area contributed by atoms with Crippen molar-refractivity contribution in [1.29, 1.82) is 0 Å². The molecule has 0 aliphatic heterocycles. The van der Waals surface area contributed by atoms with Gasteiger partial charge in [0.15, 0.2) is 0 Å². The van der Waals surface area contributed by atoms with Crippen LogP contribution in [-0.2, 0) is 11.3 Å². The van der Waals surface area contributed by atoms with Gasteiger partial charge >= 0.3 is 0 Å².